The molecule has 0 unspecified atom stereocenters. The summed E-state index contributed by atoms with van der Waals surface area (Å²) in [6, 6.07) is 13.5. The van der Waals surface area contributed by atoms with E-state index < -0.39 is 0 Å². The monoisotopic (exact) mass is 324 g/mol. The summed E-state index contributed by atoms with van der Waals surface area (Å²) >= 11 is 0. The van der Waals surface area contributed by atoms with E-state index in [4.69, 9.17) is 4.74 Å². The Morgan fingerprint density at radius 2 is 1.83 bits per heavy atom. The van der Waals surface area contributed by atoms with E-state index >= 15 is 0 Å². The van der Waals surface area contributed by atoms with E-state index in [0.29, 0.717) is 29.3 Å². The lowest BCUT2D eigenvalue weighted by Crippen LogP contribution is -2.02. The summed E-state index contributed by atoms with van der Waals surface area (Å²) in [6.45, 7) is 4.92. The van der Waals surface area contributed by atoms with Gasteiger partial charge in [-0.3, -0.25) is 0 Å². The first-order chi connectivity index (χ1) is 11.6. The zero-order chi connectivity index (χ0) is 16.9. The van der Waals surface area contributed by atoms with Gasteiger partial charge in [0.1, 0.15) is 17.7 Å². The third kappa shape index (κ3) is 3.70. The van der Waals surface area contributed by atoms with Gasteiger partial charge in [-0.1, -0.05) is 44.2 Å². The van der Waals surface area contributed by atoms with Crippen LogP contribution in [0.3, 0.4) is 0 Å². The second-order valence-corrected chi connectivity index (χ2v) is 6.16. The lowest BCUT2D eigenvalue weighted by atomic mass is 10.0. The molecule has 1 heterocycles. The van der Waals surface area contributed by atoms with Gasteiger partial charge in [-0.2, -0.15) is 0 Å². The highest BCUT2D eigenvalue weighted by molar-refractivity contribution is 5.83. The number of ether oxygens (including phenoxy) is 1. The molecule has 0 aliphatic heterocycles. The van der Waals surface area contributed by atoms with E-state index in [1.807, 2.05) is 0 Å². The Labute approximate surface area is 141 Å². The van der Waals surface area contributed by atoms with Gasteiger partial charge in [0, 0.05) is 0 Å². The number of benzene rings is 2. The molecule has 0 atom stereocenters. The van der Waals surface area contributed by atoms with Crippen LogP contribution in [-0.4, -0.2) is 16.6 Å². The van der Waals surface area contributed by atoms with Crippen LogP contribution in [0.4, 0.5) is 4.39 Å². The molecule has 0 aliphatic carbocycles. The van der Waals surface area contributed by atoms with Crippen LogP contribution >= 0.6 is 0 Å². The molecule has 3 aromatic rings. The SMILES string of the molecule is CC(C)c1ccc(CCCOc2ncnc3c(F)cccc23)cc1. The number of nitrogens with zero attached hydrogens (tertiary/aromatic N) is 2. The molecule has 0 saturated heterocycles. The van der Waals surface area contributed by atoms with Crippen molar-refractivity contribution in [2.45, 2.75) is 32.6 Å². The van der Waals surface area contributed by atoms with Crippen molar-refractivity contribution in [2.75, 3.05) is 6.61 Å². The number of hydrogen-bond donors (Lipinski definition) is 0. The van der Waals surface area contributed by atoms with Crippen molar-refractivity contribution in [3.63, 3.8) is 0 Å². The number of halogens is 1. The Kier molecular flexibility index (Phi) is 5.04. The number of hydrogen-bond acceptors (Lipinski definition) is 3. The van der Waals surface area contributed by atoms with E-state index in [1.54, 1.807) is 12.1 Å². The zero-order valence-electron chi connectivity index (χ0n) is 14.0. The van der Waals surface area contributed by atoms with Crippen LogP contribution < -0.4 is 4.74 Å². The van der Waals surface area contributed by atoms with Gasteiger partial charge in [0.25, 0.3) is 0 Å². The summed E-state index contributed by atoms with van der Waals surface area (Å²) in [5.74, 6) is 0.633. The molecule has 0 radical (unpaired) electrons. The molecule has 3 rings (SSSR count). The molecule has 3 nitrogen and oxygen atoms in total. The van der Waals surface area contributed by atoms with Crippen molar-refractivity contribution in [1.82, 2.24) is 9.97 Å². The minimum atomic E-state index is -0.356. The van der Waals surface area contributed by atoms with Gasteiger partial charge < -0.3 is 4.74 Å². The lowest BCUT2D eigenvalue weighted by Gasteiger charge is -2.09. The van der Waals surface area contributed by atoms with Gasteiger partial charge in [0.2, 0.25) is 5.88 Å². The van der Waals surface area contributed by atoms with E-state index in [1.165, 1.54) is 23.5 Å². The summed E-state index contributed by atoms with van der Waals surface area (Å²) < 4.78 is 19.5. The Morgan fingerprint density at radius 3 is 2.58 bits per heavy atom. The number of aromatic nitrogens is 2. The minimum Gasteiger partial charge on any atom is -0.477 e. The maximum Gasteiger partial charge on any atom is 0.224 e. The molecule has 0 saturated carbocycles. The Bertz CT molecular complexity index is 815. The maximum absolute atomic E-state index is 13.7. The minimum absolute atomic E-state index is 0.298. The van der Waals surface area contributed by atoms with E-state index in [0.717, 1.165) is 12.8 Å². The fraction of sp³-hybridized carbons (Fsp3) is 0.300. The van der Waals surface area contributed by atoms with Crippen LogP contribution in [0.1, 0.15) is 37.3 Å². The van der Waals surface area contributed by atoms with Crippen LogP contribution in [-0.2, 0) is 6.42 Å². The number of fused-ring (bicyclic) bond motifs is 1. The Balaban J connectivity index is 1.58. The lowest BCUT2D eigenvalue weighted by molar-refractivity contribution is 0.303. The molecule has 0 N–H and O–H groups in total. The highest BCUT2D eigenvalue weighted by Crippen LogP contribution is 2.23. The fourth-order valence-electron chi connectivity index (χ4n) is 2.66. The molecule has 2 aromatic carbocycles. The van der Waals surface area contributed by atoms with Gasteiger partial charge in [-0.15, -0.1) is 0 Å². The number of aryl methyl sites for hydroxylation is 1. The molecule has 0 bridgehead atoms. The average Bonchev–Trinajstić information content (AvgIpc) is 2.60. The maximum atomic E-state index is 13.7. The first-order valence-electron chi connectivity index (χ1n) is 8.26. The summed E-state index contributed by atoms with van der Waals surface area (Å²) in [5, 5.41) is 0.610. The van der Waals surface area contributed by atoms with Crippen molar-refractivity contribution < 1.29 is 9.13 Å². The quantitative estimate of drug-likeness (QED) is 0.605. The van der Waals surface area contributed by atoms with Crippen LogP contribution in [0.25, 0.3) is 10.9 Å². The molecule has 24 heavy (non-hydrogen) atoms. The highest BCUT2D eigenvalue weighted by atomic mass is 19.1. The predicted octanol–water partition coefficient (Wildman–Crippen LogP) is 4.90. The standard InChI is InChI=1S/C20H21FN2O/c1-14(2)16-10-8-15(9-11-16)5-4-12-24-20-17-6-3-7-18(21)19(17)22-13-23-20/h3,6-11,13-14H,4-5,12H2,1-2H3. The third-order valence-corrected chi connectivity index (χ3v) is 4.07. The zero-order valence-corrected chi connectivity index (χ0v) is 14.0. The topological polar surface area (TPSA) is 35.0 Å². The summed E-state index contributed by atoms with van der Waals surface area (Å²) in [6.07, 6.45) is 3.16. The summed E-state index contributed by atoms with van der Waals surface area (Å²) in [4.78, 5) is 8.10. The molecule has 0 spiro atoms. The van der Waals surface area contributed by atoms with Crippen molar-refractivity contribution in [3.05, 3.63) is 65.7 Å². The van der Waals surface area contributed by atoms with Crippen LogP contribution in [0.2, 0.25) is 0 Å². The molecule has 124 valence electrons. The van der Waals surface area contributed by atoms with Gasteiger partial charge in [-0.05, 0) is 42.0 Å². The van der Waals surface area contributed by atoms with Gasteiger partial charge in [0.15, 0.2) is 0 Å². The van der Waals surface area contributed by atoms with Gasteiger partial charge in [-0.25, -0.2) is 14.4 Å². The van der Waals surface area contributed by atoms with Gasteiger partial charge in [0.05, 0.1) is 12.0 Å². The van der Waals surface area contributed by atoms with E-state index in [-0.39, 0.29) is 5.82 Å². The number of rotatable bonds is 6. The normalized spacial score (nSPS) is 11.2. The predicted molar refractivity (Wildman–Crippen MR) is 93.8 cm³/mol. The average molecular weight is 324 g/mol. The van der Waals surface area contributed by atoms with Crippen molar-refractivity contribution in [3.8, 4) is 5.88 Å². The molecule has 1 aromatic heterocycles. The smallest absolute Gasteiger partial charge is 0.224 e. The van der Waals surface area contributed by atoms with Crippen molar-refractivity contribution >= 4 is 10.9 Å². The molecule has 4 heteroatoms. The Hall–Kier alpha value is -2.49. The van der Waals surface area contributed by atoms with Gasteiger partial charge >= 0.3 is 0 Å². The fourth-order valence-corrected chi connectivity index (χ4v) is 2.66. The van der Waals surface area contributed by atoms with Crippen molar-refractivity contribution in [2.24, 2.45) is 0 Å². The third-order valence-electron chi connectivity index (χ3n) is 4.07. The van der Waals surface area contributed by atoms with Crippen LogP contribution in [0, 0.1) is 5.82 Å². The highest BCUT2D eigenvalue weighted by Gasteiger charge is 2.08. The molecule has 0 fully saturated rings. The largest absolute Gasteiger partial charge is 0.477 e. The molecular formula is C20H21FN2O. The van der Waals surface area contributed by atoms with Crippen LogP contribution in [0.15, 0.2) is 48.8 Å². The van der Waals surface area contributed by atoms with E-state index in [9.17, 15) is 4.39 Å². The van der Waals surface area contributed by atoms with Crippen LogP contribution in [0.5, 0.6) is 5.88 Å². The second kappa shape index (κ2) is 7.39. The molecule has 0 aliphatic rings. The summed E-state index contributed by atoms with van der Waals surface area (Å²) in [5.41, 5.74) is 2.94. The Morgan fingerprint density at radius 1 is 1.04 bits per heavy atom. The second-order valence-electron chi connectivity index (χ2n) is 6.16. The number of para-hydroxylation sites is 1. The van der Waals surface area contributed by atoms with E-state index in [2.05, 4.69) is 48.1 Å². The van der Waals surface area contributed by atoms with Crippen molar-refractivity contribution in [1.29, 1.82) is 0 Å². The first-order valence-corrected chi connectivity index (χ1v) is 8.26. The molecular weight excluding hydrogens is 303 g/mol. The molecule has 0 amide bonds. The first kappa shape index (κ1) is 16.4. The summed E-state index contributed by atoms with van der Waals surface area (Å²) in [7, 11) is 0.